The Morgan fingerprint density at radius 1 is 1.20 bits per heavy atom. The molecule has 1 saturated carbocycles. The predicted octanol–water partition coefficient (Wildman–Crippen LogP) is 2.15. The van der Waals surface area contributed by atoms with Crippen molar-refractivity contribution in [3.63, 3.8) is 0 Å². The van der Waals surface area contributed by atoms with Crippen molar-refractivity contribution in [3.05, 3.63) is 36.7 Å². The smallest absolute Gasteiger partial charge is 0.406 e. The number of halogens is 3. The Morgan fingerprint density at radius 3 is 2.77 bits per heavy atom. The van der Waals surface area contributed by atoms with Crippen LogP contribution in [0.15, 0.2) is 30.9 Å². The van der Waals surface area contributed by atoms with Gasteiger partial charge >= 0.3 is 6.36 Å². The second-order valence-corrected chi connectivity index (χ2v) is 10.5. The summed E-state index contributed by atoms with van der Waals surface area (Å²) in [5, 5.41) is 21.4. The number of nitrogens with two attached hydrogens (primary N) is 1. The summed E-state index contributed by atoms with van der Waals surface area (Å²) in [6, 6.07) is 4.37. The van der Waals surface area contributed by atoms with Crippen LogP contribution in [0.4, 0.5) is 19.0 Å². The highest BCUT2D eigenvalue weighted by molar-refractivity contribution is 5.81. The van der Waals surface area contributed by atoms with Crippen LogP contribution in [0.1, 0.15) is 31.3 Å². The lowest BCUT2D eigenvalue weighted by Gasteiger charge is -2.42. The van der Waals surface area contributed by atoms with Crippen molar-refractivity contribution < 1.29 is 32.9 Å². The molecule has 1 aliphatic heterocycles. The zero-order chi connectivity index (χ0) is 28.2. The van der Waals surface area contributed by atoms with Gasteiger partial charge in [-0.1, -0.05) is 0 Å². The Labute approximate surface area is 226 Å². The Hall–Kier alpha value is -3.53. The maximum Gasteiger partial charge on any atom is 0.573 e. The van der Waals surface area contributed by atoms with Gasteiger partial charge in [0.1, 0.15) is 41.7 Å². The number of nitrogens with one attached hydrogen (secondary N) is 1. The number of aliphatic hydroxyl groups excluding tert-OH is 2. The molecule has 40 heavy (non-hydrogen) atoms. The summed E-state index contributed by atoms with van der Waals surface area (Å²) in [4.78, 5) is 22.0. The fourth-order valence-electron chi connectivity index (χ4n) is 5.59. The molecule has 1 saturated heterocycles. The molecule has 6 rings (SSSR count). The third-order valence-corrected chi connectivity index (χ3v) is 7.83. The van der Waals surface area contributed by atoms with Gasteiger partial charge in [-0.2, -0.15) is 0 Å². The number of rotatable bonds is 8. The normalized spacial score (nSPS) is 27.1. The van der Waals surface area contributed by atoms with E-state index in [-0.39, 0.29) is 11.6 Å². The van der Waals surface area contributed by atoms with Crippen molar-refractivity contribution in [2.45, 2.75) is 62.6 Å². The van der Waals surface area contributed by atoms with E-state index in [2.05, 4.69) is 34.6 Å². The summed E-state index contributed by atoms with van der Waals surface area (Å²) < 4.78 is 49.0. The third kappa shape index (κ3) is 5.16. The second-order valence-electron chi connectivity index (χ2n) is 10.5. The standard InChI is InChI=1S/C25H29F3N8O4/c1-35(9-17-20(37)21(38)24(39-17)36-11-32-19-22(29)30-10-31-23(19)36)13-6-12(7-13)2-5-18-33-15-4-3-14(8-16(15)34-18)40-25(26,27)28/h3-4,8,10-13,17,20-21,24,37-38H,2,5-7,9H2,1H3,(H,33,34)(H2,29,30,31)/t12-,13-,17-,20+,21+,24-/m1/s1. The number of ether oxygens (including phenoxy) is 2. The second kappa shape index (κ2) is 10.1. The number of anilines is 1. The zero-order valence-corrected chi connectivity index (χ0v) is 21.5. The van der Waals surface area contributed by atoms with E-state index < -0.39 is 30.9 Å². The van der Waals surface area contributed by atoms with E-state index in [9.17, 15) is 23.4 Å². The van der Waals surface area contributed by atoms with Gasteiger partial charge in [-0.3, -0.25) is 4.57 Å². The maximum absolute atomic E-state index is 12.5. The topological polar surface area (TPSA) is 160 Å². The first-order chi connectivity index (χ1) is 19.1. The monoisotopic (exact) mass is 562 g/mol. The summed E-state index contributed by atoms with van der Waals surface area (Å²) in [5.74, 6) is 1.12. The first-order valence-electron chi connectivity index (χ1n) is 12.9. The van der Waals surface area contributed by atoms with Gasteiger partial charge < -0.3 is 35.3 Å². The van der Waals surface area contributed by atoms with E-state index in [0.29, 0.717) is 47.1 Å². The lowest BCUT2D eigenvalue weighted by atomic mass is 9.76. The van der Waals surface area contributed by atoms with E-state index in [1.165, 1.54) is 30.9 Å². The highest BCUT2D eigenvalue weighted by Crippen LogP contribution is 2.37. The number of benzene rings is 1. The Morgan fingerprint density at radius 2 is 2.00 bits per heavy atom. The summed E-state index contributed by atoms with van der Waals surface area (Å²) in [5.41, 5.74) is 7.76. The van der Waals surface area contributed by atoms with Crippen LogP contribution in [0.5, 0.6) is 5.75 Å². The number of fused-ring (bicyclic) bond motifs is 2. The molecule has 4 heterocycles. The van der Waals surface area contributed by atoms with Crippen LogP contribution < -0.4 is 10.5 Å². The van der Waals surface area contributed by atoms with Crippen LogP contribution in [0.3, 0.4) is 0 Å². The minimum Gasteiger partial charge on any atom is -0.406 e. The largest absolute Gasteiger partial charge is 0.573 e. The van der Waals surface area contributed by atoms with Gasteiger partial charge in [0.2, 0.25) is 0 Å². The Balaban J connectivity index is 0.999. The molecule has 12 nitrogen and oxygen atoms in total. The number of aryl methyl sites for hydroxylation is 1. The lowest BCUT2D eigenvalue weighted by Crippen LogP contribution is -2.47. The molecule has 5 N–H and O–H groups in total. The number of nitrogen functional groups attached to an aromatic ring is 1. The third-order valence-electron chi connectivity index (χ3n) is 7.83. The average Bonchev–Trinajstić information content (AvgIpc) is 3.54. The van der Waals surface area contributed by atoms with E-state index >= 15 is 0 Å². The maximum atomic E-state index is 12.5. The van der Waals surface area contributed by atoms with Crippen LogP contribution in [0, 0.1) is 5.92 Å². The number of H-pyrrole nitrogens is 1. The molecule has 0 amide bonds. The molecule has 3 aromatic heterocycles. The van der Waals surface area contributed by atoms with Gasteiger partial charge in [-0.15, -0.1) is 13.2 Å². The fraction of sp³-hybridized carbons (Fsp3) is 0.520. The van der Waals surface area contributed by atoms with E-state index in [4.69, 9.17) is 10.5 Å². The fourth-order valence-corrected chi connectivity index (χ4v) is 5.59. The van der Waals surface area contributed by atoms with Crippen LogP contribution >= 0.6 is 0 Å². The number of nitrogens with zero attached hydrogens (tertiary/aromatic N) is 6. The quantitative estimate of drug-likeness (QED) is 0.251. The molecule has 2 aliphatic rings. The van der Waals surface area contributed by atoms with Crippen molar-refractivity contribution >= 4 is 28.0 Å². The molecule has 214 valence electrons. The Bertz CT molecular complexity index is 1500. The molecular formula is C25H29F3N8O4. The van der Waals surface area contributed by atoms with Crippen LogP contribution in [0.25, 0.3) is 22.2 Å². The van der Waals surface area contributed by atoms with E-state index in [1.807, 2.05) is 7.05 Å². The van der Waals surface area contributed by atoms with Crippen LogP contribution in [0.2, 0.25) is 0 Å². The number of imidazole rings is 2. The first kappa shape index (κ1) is 26.7. The summed E-state index contributed by atoms with van der Waals surface area (Å²) >= 11 is 0. The van der Waals surface area contributed by atoms with Gasteiger partial charge in [0.25, 0.3) is 0 Å². The van der Waals surface area contributed by atoms with Crippen molar-refractivity contribution in [3.8, 4) is 5.75 Å². The molecule has 1 aliphatic carbocycles. The minimum atomic E-state index is -4.75. The zero-order valence-electron chi connectivity index (χ0n) is 21.5. The summed E-state index contributed by atoms with van der Waals surface area (Å²) in [7, 11) is 1.97. The van der Waals surface area contributed by atoms with Crippen LogP contribution in [-0.2, 0) is 11.2 Å². The van der Waals surface area contributed by atoms with Gasteiger partial charge in [-0.25, -0.2) is 19.9 Å². The van der Waals surface area contributed by atoms with Crippen molar-refractivity contribution in [1.82, 2.24) is 34.4 Å². The number of likely N-dealkylation sites (N-methyl/N-ethyl adjacent to an activating group) is 1. The number of aliphatic hydroxyl groups is 2. The Kier molecular flexibility index (Phi) is 6.76. The molecular weight excluding hydrogens is 533 g/mol. The molecule has 2 fully saturated rings. The molecule has 0 bridgehead atoms. The number of hydrogen-bond acceptors (Lipinski definition) is 10. The van der Waals surface area contributed by atoms with Crippen molar-refractivity contribution in [2.75, 3.05) is 19.3 Å². The van der Waals surface area contributed by atoms with Gasteiger partial charge in [0.05, 0.1) is 17.4 Å². The summed E-state index contributed by atoms with van der Waals surface area (Å²) in [6.07, 6.45) is -2.22. The van der Waals surface area contributed by atoms with Gasteiger partial charge in [-0.05, 0) is 44.4 Å². The molecule has 15 heteroatoms. The lowest BCUT2D eigenvalue weighted by molar-refractivity contribution is -0.274. The first-order valence-corrected chi connectivity index (χ1v) is 12.9. The SMILES string of the molecule is CN(C[C@H]1O[C@@H](n2cnc3c(N)ncnc32)[C@@H](O)[C@H]1O)[C@H]1C[C@H](CCc2nc3cc(OC(F)(F)F)ccc3[nH]2)C1. The van der Waals surface area contributed by atoms with Gasteiger partial charge in [0.15, 0.2) is 17.7 Å². The number of alkyl halides is 3. The van der Waals surface area contributed by atoms with Gasteiger partial charge in [0, 0.05) is 25.1 Å². The molecule has 0 spiro atoms. The molecule has 1 aromatic carbocycles. The molecule has 0 radical (unpaired) electrons. The molecule has 4 aromatic rings. The minimum absolute atomic E-state index is 0.220. The van der Waals surface area contributed by atoms with Crippen LogP contribution in [-0.4, -0.2) is 88.9 Å². The highest BCUT2D eigenvalue weighted by Gasteiger charge is 2.45. The van der Waals surface area contributed by atoms with E-state index in [0.717, 1.165) is 25.1 Å². The van der Waals surface area contributed by atoms with Crippen molar-refractivity contribution in [1.29, 1.82) is 0 Å². The molecule has 4 atom stereocenters. The van der Waals surface area contributed by atoms with E-state index in [1.54, 1.807) is 4.57 Å². The number of aromatic amines is 1. The average molecular weight is 563 g/mol. The number of hydrogen-bond donors (Lipinski definition) is 4. The van der Waals surface area contributed by atoms with Crippen molar-refractivity contribution in [2.24, 2.45) is 5.92 Å². The number of aromatic nitrogens is 6. The molecule has 0 unspecified atom stereocenters. The summed E-state index contributed by atoms with van der Waals surface area (Å²) in [6.45, 7) is 0.432. The predicted molar refractivity (Wildman–Crippen MR) is 136 cm³/mol. The highest BCUT2D eigenvalue weighted by atomic mass is 19.4.